The molecule has 1 N–H and O–H groups in total. The average Bonchev–Trinajstić information content (AvgIpc) is 3.26. The predicted molar refractivity (Wildman–Crippen MR) is 99.4 cm³/mol. The van der Waals surface area contributed by atoms with E-state index >= 15 is 0 Å². The topological polar surface area (TPSA) is 65.5 Å². The number of nitrogens with one attached hydrogen (secondary N) is 1. The van der Waals surface area contributed by atoms with Crippen LogP contribution in [-0.2, 0) is 10.0 Å². The Labute approximate surface area is 159 Å². The van der Waals surface area contributed by atoms with Gasteiger partial charge in [0.1, 0.15) is 5.71 Å². The highest BCUT2D eigenvalue weighted by Gasteiger charge is 2.47. The molecule has 9 heteroatoms. The molecule has 3 aromatic rings. The lowest BCUT2D eigenvalue weighted by molar-refractivity contribution is -0.0600. The number of nitrogens with zero attached hydrogens (tertiary/aromatic N) is 2. The molecular weight excluding hydrogens is 391 g/mol. The predicted octanol–water partition coefficient (Wildman–Crippen LogP) is 4.53. The third-order valence-corrected chi connectivity index (χ3v) is 6.44. The van der Waals surface area contributed by atoms with Crippen molar-refractivity contribution in [3.63, 3.8) is 0 Å². The minimum atomic E-state index is -4.71. The quantitative estimate of drug-likeness (QED) is 0.693. The molecule has 1 unspecified atom stereocenters. The van der Waals surface area contributed by atoms with Gasteiger partial charge in [0.2, 0.25) is 0 Å². The Morgan fingerprint density at radius 2 is 1.79 bits per heavy atom. The average molecular weight is 407 g/mol. The van der Waals surface area contributed by atoms with Crippen molar-refractivity contribution < 1.29 is 21.6 Å². The van der Waals surface area contributed by atoms with E-state index in [-0.39, 0.29) is 4.90 Å². The van der Waals surface area contributed by atoms with Crippen LogP contribution in [0.5, 0.6) is 0 Å². The summed E-state index contributed by atoms with van der Waals surface area (Å²) in [5.74, 6) is 0. The number of hydrogen-bond donors (Lipinski definition) is 1. The van der Waals surface area contributed by atoms with E-state index in [0.29, 0.717) is 20.9 Å². The summed E-state index contributed by atoms with van der Waals surface area (Å²) in [5.41, 5.74) is 0.895. The molecule has 1 aliphatic heterocycles. The highest BCUT2D eigenvalue weighted by molar-refractivity contribution is 7.89. The Hall–Kier alpha value is -2.81. The zero-order valence-electron chi connectivity index (χ0n) is 14.7. The summed E-state index contributed by atoms with van der Waals surface area (Å²) in [7, 11) is -4.26. The fourth-order valence-electron chi connectivity index (χ4n) is 3.30. The minimum Gasteiger partial charge on any atom is -0.361 e. The van der Waals surface area contributed by atoms with Crippen LogP contribution in [0.1, 0.15) is 23.6 Å². The molecule has 0 radical (unpaired) electrons. The van der Waals surface area contributed by atoms with Crippen LogP contribution in [0.15, 0.2) is 64.7 Å². The van der Waals surface area contributed by atoms with Crippen molar-refractivity contribution in [1.29, 1.82) is 0 Å². The maximum absolute atomic E-state index is 13.3. The first-order valence-corrected chi connectivity index (χ1v) is 9.94. The lowest BCUT2D eigenvalue weighted by atomic mass is 10.0. The second-order valence-electron chi connectivity index (χ2n) is 6.64. The van der Waals surface area contributed by atoms with Crippen LogP contribution in [0.3, 0.4) is 0 Å². The summed E-state index contributed by atoms with van der Waals surface area (Å²) in [6.45, 7) is 1.79. The SMILES string of the molecule is Cc1ccc(S(=O)(=O)N2N=C(C(F)(F)F)CC2c2c[nH]c3ccccc23)cc1. The molecule has 0 aliphatic carbocycles. The van der Waals surface area contributed by atoms with Crippen molar-refractivity contribution in [2.24, 2.45) is 5.10 Å². The van der Waals surface area contributed by atoms with Crippen LogP contribution < -0.4 is 0 Å². The van der Waals surface area contributed by atoms with Crippen molar-refractivity contribution in [2.75, 3.05) is 0 Å². The molecule has 0 spiro atoms. The van der Waals surface area contributed by atoms with Gasteiger partial charge in [-0.05, 0) is 25.1 Å². The molecular formula is C19H16F3N3O2S. The largest absolute Gasteiger partial charge is 0.431 e. The summed E-state index contributed by atoms with van der Waals surface area (Å²) in [4.78, 5) is 2.88. The number of para-hydroxylation sites is 1. The van der Waals surface area contributed by atoms with Gasteiger partial charge in [0.15, 0.2) is 0 Å². The normalized spacial score (nSPS) is 17.9. The summed E-state index contributed by atoms with van der Waals surface area (Å²) in [6.07, 6.45) is -3.71. The molecule has 146 valence electrons. The number of aryl methyl sites for hydroxylation is 1. The van der Waals surface area contributed by atoms with E-state index in [4.69, 9.17) is 0 Å². The number of fused-ring (bicyclic) bond motifs is 1. The first-order chi connectivity index (χ1) is 13.2. The van der Waals surface area contributed by atoms with Gasteiger partial charge in [-0.1, -0.05) is 35.9 Å². The number of halogens is 3. The van der Waals surface area contributed by atoms with Gasteiger partial charge < -0.3 is 4.98 Å². The molecule has 2 heterocycles. The fourth-order valence-corrected chi connectivity index (χ4v) is 4.73. The number of benzene rings is 2. The molecule has 1 aromatic heterocycles. The number of H-pyrrole nitrogens is 1. The Bertz CT molecular complexity index is 1170. The van der Waals surface area contributed by atoms with Gasteiger partial charge in [-0.25, -0.2) is 0 Å². The maximum atomic E-state index is 13.3. The first-order valence-electron chi connectivity index (χ1n) is 8.50. The monoisotopic (exact) mass is 407 g/mol. The number of hydrazone groups is 1. The fraction of sp³-hybridized carbons (Fsp3) is 0.211. The van der Waals surface area contributed by atoms with Gasteiger partial charge in [0, 0.05) is 29.1 Å². The Kier molecular flexibility index (Phi) is 4.22. The highest BCUT2D eigenvalue weighted by Crippen LogP contribution is 2.41. The number of aromatic nitrogens is 1. The maximum Gasteiger partial charge on any atom is 0.431 e. The smallest absolute Gasteiger partial charge is 0.361 e. The number of rotatable bonds is 3. The summed E-state index contributed by atoms with van der Waals surface area (Å²) in [6, 6.07) is 11.9. The first kappa shape index (κ1) is 18.5. The van der Waals surface area contributed by atoms with Gasteiger partial charge in [0.05, 0.1) is 10.9 Å². The molecule has 4 rings (SSSR count). The summed E-state index contributed by atoms with van der Waals surface area (Å²) >= 11 is 0. The zero-order chi connectivity index (χ0) is 20.1. The summed E-state index contributed by atoms with van der Waals surface area (Å²) < 4.78 is 66.8. The number of aromatic amines is 1. The molecule has 2 aromatic carbocycles. The van der Waals surface area contributed by atoms with Crippen LogP contribution in [0.2, 0.25) is 0 Å². The highest BCUT2D eigenvalue weighted by atomic mass is 32.2. The molecule has 0 bridgehead atoms. The van der Waals surface area contributed by atoms with E-state index in [0.717, 1.165) is 5.56 Å². The van der Waals surface area contributed by atoms with Gasteiger partial charge in [-0.15, -0.1) is 0 Å². The molecule has 5 nitrogen and oxygen atoms in total. The standard InChI is InChI=1S/C19H16F3N3O2S/c1-12-6-8-13(9-7-12)28(26,27)25-17(10-18(24-25)19(20,21)22)15-11-23-16-5-3-2-4-14(15)16/h2-9,11,17,23H,10H2,1H3. The van der Waals surface area contributed by atoms with Gasteiger partial charge >= 0.3 is 6.18 Å². The van der Waals surface area contributed by atoms with E-state index in [1.54, 1.807) is 49.5 Å². The Balaban J connectivity index is 1.85. The second kappa shape index (κ2) is 6.37. The molecule has 1 atom stereocenters. The van der Waals surface area contributed by atoms with Crippen molar-refractivity contribution in [1.82, 2.24) is 9.40 Å². The van der Waals surface area contributed by atoms with E-state index in [9.17, 15) is 21.6 Å². The lowest BCUT2D eigenvalue weighted by Gasteiger charge is -2.23. The second-order valence-corrected chi connectivity index (χ2v) is 8.44. The third-order valence-electron chi connectivity index (χ3n) is 4.75. The van der Waals surface area contributed by atoms with Crippen LogP contribution in [0, 0.1) is 6.92 Å². The van der Waals surface area contributed by atoms with Gasteiger partial charge in [-0.3, -0.25) is 0 Å². The molecule has 0 amide bonds. The van der Waals surface area contributed by atoms with Crippen molar-refractivity contribution >= 4 is 26.6 Å². The van der Waals surface area contributed by atoms with E-state index in [1.165, 1.54) is 12.1 Å². The van der Waals surface area contributed by atoms with Crippen molar-refractivity contribution in [3.05, 3.63) is 65.9 Å². The number of alkyl halides is 3. The molecule has 0 saturated heterocycles. The van der Waals surface area contributed by atoms with Crippen LogP contribution in [0.25, 0.3) is 10.9 Å². The molecule has 28 heavy (non-hydrogen) atoms. The van der Waals surface area contributed by atoms with Crippen molar-refractivity contribution in [2.45, 2.75) is 30.5 Å². The van der Waals surface area contributed by atoms with E-state index in [1.807, 2.05) is 0 Å². The summed E-state index contributed by atoms with van der Waals surface area (Å²) in [5, 5.41) is 4.16. The van der Waals surface area contributed by atoms with Crippen LogP contribution in [-0.4, -0.2) is 29.7 Å². The molecule has 0 fully saturated rings. The number of hydrogen-bond acceptors (Lipinski definition) is 3. The van der Waals surface area contributed by atoms with Gasteiger partial charge in [-0.2, -0.15) is 31.1 Å². The van der Waals surface area contributed by atoms with Gasteiger partial charge in [0.25, 0.3) is 10.0 Å². The zero-order valence-corrected chi connectivity index (χ0v) is 15.6. The lowest BCUT2D eigenvalue weighted by Crippen LogP contribution is -2.27. The van der Waals surface area contributed by atoms with Crippen LogP contribution in [0.4, 0.5) is 13.2 Å². The van der Waals surface area contributed by atoms with E-state index in [2.05, 4.69) is 10.1 Å². The number of sulfonamides is 1. The van der Waals surface area contributed by atoms with E-state index < -0.39 is 34.4 Å². The third kappa shape index (κ3) is 3.05. The van der Waals surface area contributed by atoms with Crippen LogP contribution >= 0.6 is 0 Å². The Morgan fingerprint density at radius 3 is 2.46 bits per heavy atom. The Morgan fingerprint density at radius 1 is 1.11 bits per heavy atom. The van der Waals surface area contributed by atoms with Crippen molar-refractivity contribution in [3.8, 4) is 0 Å². The molecule has 1 aliphatic rings. The molecule has 0 saturated carbocycles. The minimum absolute atomic E-state index is 0.102.